The highest BCUT2D eigenvalue weighted by molar-refractivity contribution is 4.51. The van der Waals surface area contributed by atoms with E-state index in [2.05, 4.69) is 0 Å². The fourth-order valence-electron chi connectivity index (χ4n) is 0.884. The van der Waals surface area contributed by atoms with Gasteiger partial charge in [0.05, 0.1) is 0 Å². The van der Waals surface area contributed by atoms with Gasteiger partial charge in [0.15, 0.2) is 0 Å². The molecule has 1 fully saturated rings. The molecule has 1 aliphatic rings. The van der Waals surface area contributed by atoms with Gasteiger partial charge in [0.2, 0.25) is 0 Å². The molecule has 2 nitrogen and oxygen atoms in total. The lowest BCUT2D eigenvalue weighted by Crippen LogP contribution is -1.47. The van der Waals surface area contributed by atoms with Crippen molar-refractivity contribution < 1.29 is 10.5 Å². The summed E-state index contributed by atoms with van der Waals surface area (Å²) in [5, 5.41) is 12.0. The Labute approximate surface area is 43.7 Å². The van der Waals surface area contributed by atoms with Crippen molar-refractivity contribution in [1.82, 2.24) is 0 Å². The number of rotatable bonds is 0. The van der Waals surface area contributed by atoms with E-state index < -0.39 is 0 Å². The molecule has 0 aliphatic heterocycles. The van der Waals surface area contributed by atoms with Gasteiger partial charge in [0.25, 0.3) is 0 Å². The molecule has 0 amide bonds. The highest BCUT2D eigenvalue weighted by Crippen LogP contribution is 2.15. The fraction of sp³-hybridized carbons (Fsp3) is 1.00. The summed E-state index contributed by atoms with van der Waals surface area (Å²) in [5.41, 5.74) is 0. The zero-order valence-electron chi connectivity index (χ0n) is 4.43. The van der Waals surface area contributed by atoms with Crippen LogP contribution in [0.1, 0.15) is 32.1 Å². The molecule has 1 aliphatic carbocycles. The molecule has 7 heavy (non-hydrogen) atoms. The topological polar surface area (TPSA) is 40.5 Å². The minimum atomic E-state index is 1.50. The largest absolute Gasteiger partial charge is 0.255 e. The molecule has 0 aromatic heterocycles. The predicted molar refractivity (Wildman–Crippen MR) is 28.3 cm³/mol. The second kappa shape index (κ2) is 5.92. The first kappa shape index (κ1) is 6.92. The van der Waals surface area contributed by atoms with Crippen LogP contribution >= 0.6 is 0 Å². The molecule has 0 saturated heterocycles. The Bertz CT molecular complexity index is 17.7. The molecule has 0 unspecified atom stereocenters. The standard InChI is InChI=1S/C5H10.H2O2/c1-2-4-5-3-1;1-2/h1-5H2;1-2H. The summed E-state index contributed by atoms with van der Waals surface area (Å²) >= 11 is 0. The van der Waals surface area contributed by atoms with Crippen LogP contribution in [0.4, 0.5) is 0 Å². The zero-order chi connectivity index (χ0) is 5.54. The van der Waals surface area contributed by atoms with Crippen LogP contribution in [0.3, 0.4) is 0 Å². The normalized spacial score (nSPS) is 18.0. The van der Waals surface area contributed by atoms with E-state index in [1.807, 2.05) is 0 Å². The van der Waals surface area contributed by atoms with Crippen LogP contribution in [-0.2, 0) is 0 Å². The quantitative estimate of drug-likeness (QED) is 0.364. The minimum Gasteiger partial charge on any atom is -0.255 e. The second-order valence-electron chi connectivity index (χ2n) is 1.77. The van der Waals surface area contributed by atoms with Crippen molar-refractivity contribution in [2.45, 2.75) is 32.1 Å². The summed E-state index contributed by atoms with van der Waals surface area (Å²) in [6.07, 6.45) is 7.50. The van der Waals surface area contributed by atoms with Gasteiger partial charge in [0, 0.05) is 0 Å². The van der Waals surface area contributed by atoms with Gasteiger partial charge in [-0.2, -0.15) is 0 Å². The van der Waals surface area contributed by atoms with Gasteiger partial charge < -0.3 is 0 Å². The van der Waals surface area contributed by atoms with Crippen molar-refractivity contribution in [3.63, 3.8) is 0 Å². The SMILES string of the molecule is C1CCCC1.OO. The van der Waals surface area contributed by atoms with Crippen LogP contribution in [0.25, 0.3) is 0 Å². The van der Waals surface area contributed by atoms with Gasteiger partial charge in [-0.25, -0.2) is 0 Å². The summed E-state index contributed by atoms with van der Waals surface area (Å²) in [6, 6.07) is 0. The third kappa shape index (κ3) is 3.76. The Morgan fingerprint density at radius 1 is 0.571 bits per heavy atom. The lowest BCUT2D eigenvalue weighted by Gasteiger charge is -1.67. The van der Waals surface area contributed by atoms with Gasteiger partial charge in [-0.15, -0.1) is 0 Å². The molecule has 2 N–H and O–H groups in total. The van der Waals surface area contributed by atoms with Crippen molar-refractivity contribution in [2.75, 3.05) is 0 Å². The van der Waals surface area contributed by atoms with Gasteiger partial charge in [0.1, 0.15) is 0 Å². The Balaban J connectivity index is 0.000000162. The van der Waals surface area contributed by atoms with Crippen molar-refractivity contribution in [3.8, 4) is 0 Å². The van der Waals surface area contributed by atoms with Gasteiger partial charge in [-0.3, -0.25) is 10.5 Å². The van der Waals surface area contributed by atoms with E-state index in [1.165, 1.54) is 32.1 Å². The third-order valence-corrected chi connectivity index (χ3v) is 1.25. The molecule has 2 heteroatoms. The molecular weight excluding hydrogens is 92.1 g/mol. The van der Waals surface area contributed by atoms with E-state index in [9.17, 15) is 0 Å². The number of hydrogen-bond acceptors (Lipinski definition) is 2. The predicted octanol–water partition coefficient (Wildman–Crippen LogP) is 1.97. The molecular formula is C5H12O2. The molecule has 0 heterocycles. The highest BCUT2D eigenvalue weighted by atomic mass is 17.0. The van der Waals surface area contributed by atoms with Crippen LogP contribution in [0.2, 0.25) is 0 Å². The average molecular weight is 104 g/mol. The van der Waals surface area contributed by atoms with Crippen molar-refractivity contribution in [3.05, 3.63) is 0 Å². The minimum absolute atomic E-state index is 1.50. The maximum Gasteiger partial charge on any atom is -0.0533 e. The summed E-state index contributed by atoms with van der Waals surface area (Å²) < 4.78 is 0. The second-order valence-corrected chi connectivity index (χ2v) is 1.77. The lowest BCUT2D eigenvalue weighted by molar-refractivity contribution is -0.176. The van der Waals surface area contributed by atoms with Gasteiger partial charge in [-0.05, 0) is 0 Å². The van der Waals surface area contributed by atoms with Crippen molar-refractivity contribution >= 4 is 0 Å². The summed E-state index contributed by atoms with van der Waals surface area (Å²) in [4.78, 5) is 0. The maximum absolute atomic E-state index is 6.00. The molecule has 1 saturated carbocycles. The first-order valence-corrected chi connectivity index (χ1v) is 2.70. The monoisotopic (exact) mass is 104 g/mol. The number of hydrogen-bond donors (Lipinski definition) is 2. The molecule has 1 rings (SSSR count). The molecule has 0 bridgehead atoms. The van der Waals surface area contributed by atoms with Crippen LogP contribution in [0, 0.1) is 0 Å². The Morgan fingerprint density at radius 2 is 0.714 bits per heavy atom. The molecule has 0 aromatic rings. The first-order chi connectivity index (χ1) is 3.50. The van der Waals surface area contributed by atoms with Crippen molar-refractivity contribution in [2.24, 2.45) is 0 Å². The maximum atomic E-state index is 6.00. The van der Waals surface area contributed by atoms with E-state index in [-0.39, 0.29) is 0 Å². The average Bonchev–Trinajstić information content (AvgIpc) is 2.23. The smallest absolute Gasteiger partial charge is 0.0533 e. The fourth-order valence-corrected chi connectivity index (χ4v) is 0.884. The van der Waals surface area contributed by atoms with Gasteiger partial charge >= 0.3 is 0 Å². The van der Waals surface area contributed by atoms with E-state index in [1.54, 1.807) is 0 Å². The molecule has 0 radical (unpaired) electrons. The Hall–Kier alpha value is -0.0800. The molecule has 0 aromatic carbocycles. The van der Waals surface area contributed by atoms with E-state index in [0.717, 1.165) is 0 Å². The Kier molecular flexibility index (Phi) is 5.85. The van der Waals surface area contributed by atoms with Gasteiger partial charge in [-0.1, -0.05) is 32.1 Å². The highest BCUT2D eigenvalue weighted by Gasteiger charge is 1.95. The van der Waals surface area contributed by atoms with Crippen molar-refractivity contribution in [1.29, 1.82) is 0 Å². The van der Waals surface area contributed by atoms with Crippen LogP contribution in [-0.4, -0.2) is 10.5 Å². The van der Waals surface area contributed by atoms with E-state index in [4.69, 9.17) is 10.5 Å². The zero-order valence-corrected chi connectivity index (χ0v) is 4.43. The van der Waals surface area contributed by atoms with E-state index in [0.29, 0.717) is 0 Å². The molecule has 0 spiro atoms. The third-order valence-electron chi connectivity index (χ3n) is 1.25. The van der Waals surface area contributed by atoms with Crippen LogP contribution in [0.15, 0.2) is 0 Å². The van der Waals surface area contributed by atoms with Crippen LogP contribution in [0.5, 0.6) is 0 Å². The summed E-state index contributed by atoms with van der Waals surface area (Å²) in [7, 11) is 0. The summed E-state index contributed by atoms with van der Waals surface area (Å²) in [5.74, 6) is 0. The Morgan fingerprint density at radius 3 is 0.857 bits per heavy atom. The molecule has 44 valence electrons. The van der Waals surface area contributed by atoms with Crippen LogP contribution < -0.4 is 0 Å². The first-order valence-electron chi connectivity index (χ1n) is 2.70. The lowest BCUT2D eigenvalue weighted by atomic mass is 10.4. The van der Waals surface area contributed by atoms with E-state index >= 15 is 0 Å². The molecule has 0 atom stereocenters. The summed E-state index contributed by atoms with van der Waals surface area (Å²) in [6.45, 7) is 0.